The molecule has 0 fully saturated rings. The molecular weight excluding hydrogens is 376 g/mol. The average molecular weight is 395 g/mol. The summed E-state index contributed by atoms with van der Waals surface area (Å²) >= 11 is 5.56. The number of halogens is 5. The Morgan fingerprint density at radius 3 is 2.22 bits per heavy atom. The molecule has 0 aliphatic heterocycles. The summed E-state index contributed by atoms with van der Waals surface area (Å²) in [6.07, 6.45) is -4.82. The Kier molecular flexibility index (Phi) is 7.39. The maximum Gasteiger partial charge on any atom is 0.417 e. The molecule has 0 saturated carbocycles. The molecule has 0 radical (unpaired) electrons. The second-order valence-electron chi connectivity index (χ2n) is 5.77. The van der Waals surface area contributed by atoms with Gasteiger partial charge in [0.05, 0.1) is 10.5 Å². The number of nitrogens with zero attached hydrogens (tertiary/aromatic N) is 1. The Morgan fingerprint density at radius 2 is 1.78 bits per heavy atom. The second kappa shape index (κ2) is 7.57. The number of rotatable bonds is 5. The van der Waals surface area contributed by atoms with Gasteiger partial charge in [0.25, 0.3) is 0 Å². The lowest BCUT2D eigenvalue weighted by atomic mass is 9.94. The zero-order chi connectivity index (χ0) is 17.3. The quantitative estimate of drug-likeness (QED) is 0.832. The van der Waals surface area contributed by atoms with Gasteiger partial charge in [-0.1, -0.05) is 25.4 Å². The zero-order valence-corrected chi connectivity index (χ0v) is 15.2. The van der Waals surface area contributed by atoms with Gasteiger partial charge in [-0.15, -0.1) is 12.4 Å². The number of hydrogen-bond donors (Lipinski definition) is 1. The Hall–Kier alpha value is -0.540. The Bertz CT molecular complexity index is 649. The highest BCUT2D eigenvalue weighted by molar-refractivity contribution is 7.89. The molecule has 4 nitrogen and oxygen atoms in total. The fraction of sp³-hybridized carbons (Fsp3) is 0.538. The monoisotopic (exact) mass is 394 g/mol. The third-order valence-electron chi connectivity index (χ3n) is 3.14. The van der Waals surface area contributed by atoms with Crippen LogP contribution in [0.5, 0.6) is 0 Å². The molecule has 0 spiro atoms. The summed E-state index contributed by atoms with van der Waals surface area (Å²) in [7, 11) is -3.09. The van der Waals surface area contributed by atoms with Crippen molar-refractivity contribution in [1.82, 2.24) is 4.31 Å². The van der Waals surface area contributed by atoms with Gasteiger partial charge in [-0.25, -0.2) is 12.7 Å². The van der Waals surface area contributed by atoms with Crippen molar-refractivity contribution in [2.24, 2.45) is 11.1 Å². The van der Waals surface area contributed by atoms with Gasteiger partial charge in [-0.2, -0.15) is 13.2 Å². The lowest BCUT2D eigenvalue weighted by Crippen LogP contribution is -2.40. The van der Waals surface area contributed by atoms with Gasteiger partial charge < -0.3 is 5.73 Å². The van der Waals surface area contributed by atoms with Crippen LogP contribution in [0.2, 0.25) is 5.02 Å². The van der Waals surface area contributed by atoms with E-state index in [1.54, 1.807) is 13.8 Å². The standard InChI is InChI=1S/C13H18ClF3N2O2S.ClH/c1-12(2,7-18)8-19(3)22(20,21)11-5-4-9(14)6-10(11)13(15,16)17;/h4-6H,7-8,18H2,1-3H3;1H. The summed E-state index contributed by atoms with van der Waals surface area (Å²) in [4.78, 5) is -0.820. The van der Waals surface area contributed by atoms with Crippen LogP contribution in [0.15, 0.2) is 23.1 Å². The van der Waals surface area contributed by atoms with Crippen molar-refractivity contribution in [3.05, 3.63) is 28.8 Å². The molecule has 0 bridgehead atoms. The zero-order valence-electron chi connectivity index (χ0n) is 12.8. The molecule has 0 heterocycles. The van der Waals surface area contributed by atoms with E-state index in [9.17, 15) is 21.6 Å². The number of alkyl halides is 3. The van der Waals surface area contributed by atoms with Crippen LogP contribution in [0.3, 0.4) is 0 Å². The van der Waals surface area contributed by atoms with Crippen LogP contribution >= 0.6 is 24.0 Å². The van der Waals surface area contributed by atoms with E-state index in [1.807, 2.05) is 0 Å². The van der Waals surface area contributed by atoms with Crippen molar-refractivity contribution in [2.45, 2.75) is 24.9 Å². The summed E-state index contributed by atoms with van der Waals surface area (Å²) in [6.45, 7) is 3.64. The van der Waals surface area contributed by atoms with Crippen molar-refractivity contribution >= 4 is 34.0 Å². The van der Waals surface area contributed by atoms with Crippen LogP contribution < -0.4 is 5.73 Å². The second-order valence-corrected chi connectivity index (χ2v) is 8.22. The molecule has 10 heteroatoms. The van der Waals surface area contributed by atoms with Crippen molar-refractivity contribution in [3.63, 3.8) is 0 Å². The predicted octanol–water partition coefficient (Wildman–Crippen LogP) is 3.39. The minimum Gasteiger partial charge on any atom is -0.330 e. The lowest BCUT2D eigenvalue weighted by molar-refractivity contribution is -0.139. The molecule has 0 atom stereocenters. The minimum atomic E-state index is -4.82. The van der Waals surface area contributed by atoms with Crippen LogP contribution in [0.25, 0.3) is 0 Å². The fourth-order valence-corrected chi connectivity index (χ4v) is 3.59. The highest BCUT2D eigenvalue weighted by atomic mass is 35.5. The van der Waals surface area contributed by atoms with Crippen molar-refractivity contribution < 1.29 is 21.6 Å². The first kappa shape index (κ1) is 22.5. The van der Waals surface area contributed by atoms with Crippen LogP contribution in [-0.2, 0) is 16.2 Å². The highest BCUT2D eigenvalue weighted by Crippen LogP contribution is 2.37. The van der Waals surface area contributed by atoms with Crippen LogP contribution in [0.1, 0.15) is 19.4 Å². The van der Waals surface area contributed by atoms with E-state index in [1.165, 1.54) is 7.05 Å². The maximum atomic E-state index is 13.1. The van der Waals surface area contributed by atoms with E-state index in [0.717, 1.165) is 16.4 Å². The van der Waals surface area contributed by atoms with Crippen LogP contribution in [-0.4, -0.2) is 32.9 Å². The average Bonchev–Trinajstić information content (AvgIpc) is 2.36. The fourth-order valence-electron chi connectivity index (χ4n) is 1.87. The van der Waals surface area contributed by atoms with Crippen molar-refractivity contribution in [1.29, 1.82) is 0 Å². The molecule has 0 saturated heterocycles. The topological polar surface area (TPSA) is 63.4 Å². The van der Waals surface area contributed by atoms with Gasteiger partial charge in [0.15, 0.2) is 0 Å². The van der Waals surface area contributed by atoms with Crippen LogP contribution in [0.4, 0.5) is 13.2 Å². The van der Waals surface area contributed by atoms with Gasteiger partial charge in [0, 0.05) is 18.6 Å². The number of nitrogens with two attached hydrogens (primary N) is 1. The SMILES string of the molecule is CN(CC(C)(C)CN)S(=O)(=O)c1ccc(Cl)cc1C(F)(F)F.Cl. The lowest BCUT2D eigenvalue weighted by Gasteiger charge is -2.29. The smallest absolute Gasteiger partial charge is 0.330 e. The molecule has 0 aromatic heterocycles. The van der Waals surface area contributed by atoms with Gasteiger partial charge in [0.1, 0.15) is 0 Å². The predicted molar refractivity (Wildman–Crippen MR) is 86.4 cm³/mol. The third-order valence-corrected chi connectivity index (χ3v) is 5.24. The maximum absolute atomic E-state index is 13.1. The summed E-state index contributed by atoms with van der Waals surface area (Å²) in [5.74, 6) is 0. The Labute approximate surface area is 145 Å². The van der Waals surface area contributed by atoms with Gasteiger partial charge in [0.2, 0.25) is 10.0 Å². The van der Waals surface area contributed by atoms with Crippen molar-refractivity contribution in [2.75, 3.05) is 20.1 Å². The van der Waals surface area contributed by atoms with E-state index < -0.39 is 32.1 Å². The van der Waals surface area contributed by atoms with Gasteiger partial charge >= 0.3 is 6.18 Å². The molecule has 0 unspecified atom stereocenters. The van der Waals surface area contributed by atoms with Crippen molar-refractivity contribution in [3.8, 4) is 0 Å². The molecule has 0 amide bonds. The molecule has 2 N–H and O–H groups in total. The molecule has 1 rings (SSSR count). The first-order valence-electron chi connectivity index (χ1n) is 6.34. The number of sulfonamides is 1. The molecule has 0 aliphatic rings. The minimum absolute atomic E-state index is 0. The van der Waals surface area contributed by atoms with E-state index >= 15 is 0 Å². The molecule has 1 aromatic carbocycles. The molecule has 23 heavy (non-hydrogen) atoms. The van der Waals surface area contributed by atoms with E-state index in [2.05, 4.69) is 0 Å². The van der Waals surface area contributed by atoms with E-state index in [-0.39, 0.29) is 30.5 Å². The first-order valence-corrected chi connectivity index (χ1v) is 8.16. The molecular formula is C13H19Cl2F3N2O2S. The summed E-state index contributed by atoms with van der Waals surface area (Å²) in [5, 5.41) is -0.184. The van der Waals surface area contributed by atoms with Gasteiger partial charge in [-0.3, -0.25) is 0 Å². The third kappa shape index (κ3) is 5.49. The molecule has 134 valence electrons. The molecule has 0 aliphatic carbocycles. The first-order chi connectivity index (χ1) is 9.81. The largest absolute Gasteiger partial charge is 0.417 e. The van der Waals surface area contributed by atoms with Crippen LogP contribution in [0, 0.1) is 5.41 Å². The Morgan fingerprint density at radius 1 is 1.26 bits per heavy atom. The Balaban J connectivity index is 0.00000484. The van der Waals surface area contributed by atoms with Gasteiger partial charge in [-0.05, 0) is 30.2 Å². The van der Waals surface area contributed by atoms with E-state index in [4.69, 9.17) is 17.3 Å². The summed E-state index contributed by atoms with van der Waals surface area (Å²) in [6, 6.07) is 2.59. The molecule has 1 aromatic rings. The highest BCUT2D eigenvalue weighted by Gasteiger charge is 2.39. The summed E-state index contributed by atoms with van der Waals surface area (Å²) < 4.78 is 65.0. The van der Waals surface area contributed by atoms with E-state index in [0.29, 0.717) is 6.07 Å². The summed E-state index contributed by atoms with van der Waals surface area (Å²) in [5.41, 5.74) is 3.69. The number of hydrogen-bond acceptors (Lipinski definition) is 3. The normalized spacial score (nSPS) is 13.1. The number of benzene rings is 1.